The summed E-state index contributed by atoms with van der Waals surface area (Å²) in [7, 11) is 1.63. The minimum atomic E-state index is 0.418. The van der Waals surface area contributed by atoms with Crippen molar-refractivity contribution >= 4 is 60.7 Å². The highest BCUT2D eigenvalue weighted by atomic mass is 79.9. The van der Waals surface area contributed by atoms with Gasteiger partial charge in [-0.2, -0.15) is 0 Å². The highest BCUT2D eigenvalue weighted by Crippen LogP contribution is 2.37. The topological polar surface area (TPSA) is 30.5 Å². The molecule has 3 aromatic rings. The lowest BCUT2D eigenvalue weighted by molar-refractivity contribution is 0.282. The second-order valence-electron chi connectivity index (χ2n) is 6.01. The number of ether oxygens (including phenoxy) is 2. The third-order valence-electron chi connectivity index (χ3n) is 4.00. The summed E-state index contributed by atoms with van der Waals surface area (Å²) in [4.78, 5) is 0. The molecule has 0 aliphatic carbocycles. The van der Waals surface area contributed by atoms with Crippen LogP contribution in [0.1, 0.15) is 11.1 Å². The molecule has 0 aliphatic heterocycles. The van der Waals surface area contributed by atoms with E-state index in [1.165, 1.54) is 0 Å². The summed E-state index contributed by atoms with van der Waals surface area (Å²) >= 11 is 19.1. The molecule has 1 N–H and O–H groups in total. The molecule has 0 saturated heterocycles. The van der Waals surface area contributed by atoms with E-state index in [0.29, 0.717) is 34.7 Å². The van der Waals surface area contributed by atoms with Crippen molar-refractivity contribution in [1.29, 1.82) is 0 Å². The molecule has 3 aromatic carbocycles. The molecule has 0 atom stereocenters. The van der Waals surface area contributed by atoms with E-state index in [1.807, 2.05) is 54.6 Å². The van der Waals surface area contributed by atoms with E-state index in [0.717, 1.165) is 25.8 Å². The molecule has 0 amide bonds. The van der Waals surface area contributed by atoms with Gasteiger partial charge in [0, 0.05) is 21.7 Å². The number of methoxy groups -OCH3 is 1. The second-order valence-corrected chi connectivity index (χ2v) is 8.56. The Bertz CT molecular complexity index is 965. The third kappa shape index (κ3) is 5.57. The van der Waals surface area contributed by atoms with Gasteiger partial charge in [-0.3, -0.25) is 0 Å². The monoisotopic (exact) mass is 543 g/mol. The van der Waals surface area contributed by atoms with Gasteiger partial charge in [0.05, 0.1) is 16.6 Å². The van der Waals surface area contributed by atoms with E-state index in [2.05, 4.69) is 37.2 Å². The van der Waals surface area contributed by atoms with Crippen molar-refractivity contribution in [2.75, 3.05) is 12.4 Å². The first-order chi connectivity index (χ1) is 13.5. The molecule has 0 heterocycles. The molecule has 28 heavy (non-hydrogen) atoms. The molecule has 0 bridgehead atoms. The molecular formula is C21H17Br2Cl2NO2. The van der Waals surface area contributed by atoms with Crippen LogP contribution in [0.4, 0.5) is 5.69 Å². The minimum absolute atomic E-state index is 0.418. The van der Waals surface area contributed by atoms with Crippen molar-refractivity contribution in [3.8, 4) is 11.5 Å². The zero-order valence-corrected chi connectivity index (χ0v) is 19.6. The predicted octanol–water partition coefficient (Wildman–Crippen LogP) is 7.72. The molecule has 0 spiro atoms. The first kappa shape index (κ1) is 21.3. The van der Waals surface area contributed by atoms with Gasteiger partial charge in [0.1, 0.15) is 6.61 Å². The van der Waals surface area contributed by atoms with Gasteiger partial charge in [0.15, 0.2) is 11.5 Å². The maximum atomic E-state index is 6.14. The summed E-state index contributed by atoms with van der Waals surface area (Å²) in [5, 5.41) is 4.72. The van der Waals surface area contributed by atoms with Crippen LogP contribution in [0.5, 0.6) is 11.5 Å². The summed E-state index contributed by atoms with van der Waals surface area (Å²) in [6, 6.07) is 17.3. The van der Waals surface area contributed by atoms with Gasteiger partial charge in [-0.1, -0.05) is 35.3 Å². The summed E-state index contributed by atoms with van der Waals surface area (Å²) in [6.45, 7) is 1.03. The second kappa shape index (κ2) is 9.88. The lowest BCUT2D eigenvalue weighted by Crippen LogP contribution is -2.03. The van der Waals surface area contributed by atoms with Crippen LogP contribution in [0, 0.1) is 0 Å². The minimum Gasteiger partial charge on any atom is -0.493 e. The first-order valence-electron chi connectivity index (χ1n) is 8.39. The highest BCUT2D eigenvalue weighted by Gasteiger charge is 2.12. The normalized spacial score (nSPS) is 10.6. The SMILES string of the molecule is COc1cc(CNc2ccc(Br)c(Cl)c2)cc(Br)c1OCc1ccc(Cl)cc1. The van der Waals surface area contributed by atoms with Crippen molar-refractivity contribution in [2.45, 2.75) is 13.2 Å². The van der Waals surface area contributed by atoms with Crippen LogP contribution >= 0.6 is 55.1 Å². The van der Waals surface area contributed by atoms with Gasteiger partial charge in [-0.05, 0) is 85.5 Å². The fourth-order valence-electron chi connectivity index (χ4n) is 2.56. The number of rotatable bonds is 7. The quantitative estimate of drug-likeness (QED) is 0.330. The Morgan fingerprint density at radius 2 is 1.64 bits per heavy atom. The number of hydrogen-bond donors (Lipinski definition) is 1. The van der Waals surface area contributed by atoms with Crippen LogP contribution in [0.2, 0.25) is 10.0 Å². The number of benzene rings is 3. The van der Waals surface area contributed by atoms with E-state index in [4.69, 9.17) is 32.7 Å². The zero-order valence-electron chi connectivity index (χ0n) is 14.9. The predicted molar refractivity (Wildman–Crippen MR) is 123 cm³/mol. The Morgan fingerprint density at radius 1 is 0.893 bits per heavy atom. The van der Waals surface area contributed by atoms with Crippen LogP contribution in [0.3, 0.4) is 0 Å². The lowest BCUT2D eigenvalue weighted by Gasteiger charge is -2.15. The van der Waals surface area contributed by atoms with Gasteiger partial charge in [-0.15, -0.1) is 0 Å². The molecule has 0 unspecified atom stereocenters. The van der Waals surface area contributed by atoms with Gasteiger partial charge < -0.3 is 14.8 Å². The molecule has 0 saturated carbocycles. The van der Waals surface area contributed by atoms with Gasteiger partial charge in [0.2, 0.25) is 0 Å². The van der Waals surface area contributed by atoms with Crippen molar-refractivity contribution in [3.05, 3.63) is 84.7 Å². The number of nitrogens with one attached hydrogen (secondary N) is 1. The fraction of sp³-hybridized carbons (Fsp3) is 0.143. The Balaban J connectivity index is 1.71. The van der Waals surface area contributed by atoms with Gasteiger partial charge >= 0.3 is 0 Å². The Morgan fingerprint density at radius 3 is 2.32 bits per heavy atom. The van der Waals surface area contributed by atoms with Crippen LogP contribution in [-0.2, 0) is 13.2 Å². The molecule has 0 aromatic heterocycles. The van der Waals surface area contributed by atoms with Gasteiger partial charge in [0.25, 0.3) is 0 Å². The van der Waals surface area contributed by atoms with Crippen molar-refractivity contribution in [2.24, 2.45) is 0 Å². The largest absolute Gasteiger partial charge is 0.493 e. The van der Waals surface area contributed by atoms with Crippen LogP contribution in [-0.4, -0.2) is 7.11 Å². The highest BCUT2D eigenvalue weighted by molar-refractivity contribution is 9.10. The summed E-state index contributed by atoms with van der Waals surface area (Å²) in [6.07, 6.45) is 0. The summed E-state index contributed by atoms with van der Waals surface area (Å²) < 4.78 is 13.2. The van der Waals surface area contributed by atoms with E-state index < -0.39 is 0 Å². The van der Waals surface area contributed by atoms with E-state index in [-0.39, 0.29) is 0 Å². The van der Waals surface area contributed by atoms with Gasteiger partial charge in [-0.25, -0.2) is 0 Å². The lowest BCUT2D eigenvalue weighted by atomic mass is 10.2. The third-order valence-corrected chi connectivity index (χ3v) is 6.08. The maximum Gasteiger partial charge on any atom is 0.175 e. The van der Waals surface area contributed by atoms with Crippen molar-refractivity contribution in [3.63, 3.8) is 0 Å². The molecule has 146 valence electrons. The first-order valence-corrected chi connectivity index (χ1v) is 10.7. The van der Waals surface area contributed by atoms with E-state index in [1.54, 1.807) is 7.11 Å². The van der Waals surface area contributed by atoms with E-state index in [9.17, 15) is 0 Å². The number of hydrogen-bond acceptors (Lipinski definition) is 3. The molecule has 0 aliphatic rings. The number of anilines is 1. The average molecular weight is 546 g/mol. The van der Waals surface area contributed by atoms with Crippen LogP contribution in [0.25, 0.3) is 0 Å². The molecule has 0 radical (unpaired) electrons. The van der Waals surface area contributed by atoms with Crippen molar-refractivity contribution in [1.82, 2.24) is 0 Å². The molecule has 7 heteroatoms. The smallest absolute Gasteiger partial charge is 0.175 e. The standard InChI is InChI=1S/C21H17Br2Cl2NO2/c1-27-20-9-14(11-26-16-6-7-17(22)19(25)10-16)8-18(23)21(20)28-12-13-2-4-15(24)5-3-13/h2-10,26H,11-12H2,1H3. The molecular weight excluding hydrogens is 529 g/mol. The van der Waals surface area contributed by atoms with E-state index >= 15 is 0 Å². The number of halogens is 4. The maximum absolute atomic E-state index is 6.14. The molecule has 0 fully saturated rings. The zero-order chi connectivity index (χ0) is 20.1. The Labute approximate surface area is 191 Å². The Kier molecular flexibility index (Phi) is 7.52. The Hall–Kier alpha value is -1.40. The average Bonchev–Trinajstić information content (AvgIpc) is 2.69. The van der Waals surface area contributed by atoms with Crippen molar-refractivity contribution < 1.29 is 9.47 Å². The fourth-order valence-corrected chi connectivity index (χ4v) is 3.72. The summed E-state index contributed by atoms with van der Waals surface area (Å²) in [5.41, 5.74) is 3.00. The summed E-state index contributed by atoms with van der Waals surface area (Å²) in [5.74, 6) is 1.32. The molecule has 3 rings (SSSR count). The molecule has 3 nitrogen and oxygen atoms in total. The van der Waals surface area contributed by atoms with Crippen LogP contribution in [0.15, 0.2) is 63.5 Å². The van der Waals surface area contributed by atoms with Crippen LogP contribution < -0.4 is 14.8 Å².